The van der Waals surface area contributed by atoms with Gasteiger partial charge in [-0.3, -0.25) is 48.7 Å². The van der Waals surface area contributed by atoms with Crippen molar-refractivity contribution in [3.8, 4) is 0 Å². The van der Waals surface area contributed by atoms with Crippen LogP contribution in [0.25, 0.3) is 0 Å². The molecule has 1 atom stereocenters. The third-order valence-corrected chi connectivity index (χ3v) is 9.96. The number of carbonyl (C=O) groups is 6. The van der Waals surface area contributed by atoms with Gasteiger partial charge in [-0.2, -0.15) is 0 Å². The van der Waals surface area contributed by atoms with Crippen molar-refractivity contribution in [1.29, 1.82) is 0 Å². The SMILES string of the molecule is NCCCCCCNCC(=O)N(CCCN=C(N)N)CC(=O)N(CCCN=C(N)N)CC(=O)N(CCCCCCN)CC(=O)N(CCCN=C(N)N)CC(=O)N[C@H](CCCN=C(N)N)C(N)=O. The fraction of sp³-hybridized carbons (Fsp3) is 0.750. The van der Waals surface area contributed by atoms with Crippen LogP contribution in [-0.2, 0) is 28.8 Å². The molecule has 0 saturated carbocycles. The normalized spacial score (nSPS) is 11.1. The molecule has 0 bridgehead atoms. The summed E-state index contributed by atoms with van der Waals surface area (Å²) in [7, 11) is 0. The van der Waals surface area contributed by atoms with Crippen LogP contribution < -0.4 is 73.7 Å². The second-order valence-corrected chi connectivity index (χ2v) is 15.8. The summed E-state index contributed by atoms with van der Waals surface area (Å²) in [5.74, 6) is -4.09. The number of nitrogens with zero attached hydrogens (tertiary/aromatic N) is 8. The number of unbranched alkanes of at least 4 members (excludes halogenated alkanes) is 6. The highest BCUT2D eigenvalue weighted by atomic mass is 16.2. The van der Waals surface area contributed by atoms with Gasteiger partial charge in [0.1, 0.15) is 6.04 Å². The Kier molecular flexibility index (Phi) is 34.4. The summed E-state index contributed by atoms with van der Waals surface area (Å²) >= 11 is 0. The number of carbonyl (C=O) groups excluding carboxylic acids is 6. The smallest absolute Gasteiger partial charge is 0.242 e. The summed E-state index contributed by atoms with van der Waals surface area (Å²) in [5, 5.41) is 5.71. The standard InChI is InChI=1S/C40H83N21O6/c41-14-5-1-3-7-16-52-25-32(63)59(23-11-19-55-39(48)49)27-34(65)61(24-12-20-56-40(50)51)29-35(66)60(21-8-4-2-6-15-42)28-33(64)58(22-10-18-54-38(46)47)26-31(62)57-30(36(43)67)13-9-17-53-37(44)45/h30,52H,1-29,41-42H2,(H2,43,67)(H,57,62)(H4,44,45,53)(H4,46,47,54)(H4,48,49,55)(H4,50,51,56)/t30-/m1/s1. The lowest BCUT2D eigenvalue weighted by Crippen LogP contribution is -2.52. The second-order valence-electron chi connectivity index (χ2n) is 15.8. The van der Waals surface area contributed by atoms with E-state index in [1.165, 1.54) is 19.6 Å². The molecule has 0 rings (SSSR count). The van der Waals surface area contributed by atoms with E-state index in [9.17, 15) is 28.8 Å². The average molecular weight is 954 g/mol. The van der Waals surface area contributed by atoms with Gasteiger partial charge in [0.15, 0.2) is 23.8 Å². The molecule has 6 amide bonds. The molecule has 0 aromatic carbocycles. The van der Waals surface area contributed by atoms with Crippen molar-refractivity contribution in [3.05, 3.63) is 0 Å². The van der Waals surface area contributed by atoms with Gasteiger partial charge in [0.05, 0.1) is 32.7 Å². The number of amides is 6. The lowest BCUT2D eigenvalue weighted by atomic mass is 10.1. The van der Waals surface area contributed by atoms with Crippen molar-refractivity contribution in [1.82, 2.24) is 30.2 Å². The van der Waals surface area contributed by atoms with Gasteiger partial charge < -0.3 is 93.3 Å². The van der Waals surface area contributed by atoms with Crippen molar-refractivity contribution in [2.24, 2.45) is 83.0 Å². The Bertz CT molecular complexity index is 1580. The Morgan fingerprint density at radius 3 is 1.18 bits per heavy atom. The zero-order valence-corrected chi connectivity index (χ0v) is 39.5. The lowest BCUT2D eigenvalue weighted by molar-refractivity contribution is -0.146. The van der Waals surface area contributed by atoms with E-state index in [0.29, 0.717) is 45.3 Å². The van der Waals surface area contributed by atoms with Crippen LogP contribution in [0, 0.1) is 0 Å². The molecule has 27 nitrogen and oxygen atoms in total. The zero-order valence-electron chi connectivity index (χ0n) is 39.5. The van der Waals surface area contributed by atoms with Crippen LogP contribution in [0.5, 0.6) is 0 Å². The molecule has 0 aliphatic heterocycles. The molecule has 0 aromatic rings. The maximum absolute atomic E-state index is 14.3. The van der Waals surface area contributed by atoms with Gasteiger partial charge >= 0.3 is 0 Å². The molecule has 0 unspecified atom stereocenters. The number of primary amides is 1. The van der Waals surface area contributed by atoms with Crippen LogP contribution >= 0.6 is 0 Å². The lowest BCUT2D eigenvalue weighted by Gasteiger charge is -2.31. The zero-order chi connectivity index (χ0) is 50.4. The second kappa shape index (κ2) is 37.9. The van der Waals surface area contributed by atoms with E-state index in [2.05, 4.69) is 30.6 Å². The van der Waals surface area contributed by atoms with Crippen LogP contribution in [0.2, 0.25) is 0 Å². The van der Waals surface area contributed by atoms with Gasteiger partial charge in [0.25, 0.3) is 0 Å². The maximum atomic E-state index is 14.3. The first kappa shape index (κ1) is 60.8. The number of aliphatic imine (C=N–C) groups is 4. The molecule has 0 aliphatic carbocycles. The molecule has 27 heteroatoms. The van der Waals surface area contributed by atoms with Gasteiger partial charge in [-0.15, -0.1) is 0 Å². The molecule has 384 valence electrons. The quantitative estimate of drug-likeness (QED) is 0.0154. The fourth-order valence-corrected chi connectivity index (χ4v) is 6.42. The number of nitrogens with one attached hydrogen (secondary N) is 2. The third-order valence-electron chi connectivity index (χ3n) is 9.96. The molecular weight excluding hydrogens is 871 g/mol. The van der Waals surface area contributed by atoms with E-state index < -0.39 is 55.2 Å². The van der Waals surface area contributed by atoms with Crippen molar-refractivity contribution in [2.75, 3.05) is 105 Å². The Labute approximate surface area is 394 Å². The van der Waals surface area contributed by atoms with Crippen LogP contribution in [0.3, 0.4) is 0 Å². The van der Waals surface area contributed by atoms with E-state index in [4.69, 9.17) is 63.1 Å². The van der Waals surface area contributed by atoms with Crippen molar-refractivity contribution < 1.29 is 28.8 Å². The van der Waals surface area contributed by atoms with E-state index >= 15 is 0 Å². The van der Waals surface area contributed by atoms with Gasteiger partial charge in [-0.05, 0) is 77.4 Å². The van der Waals surface area contributed by atoms with Crippen molar-refractivity contribution >= 4 is 59.3 Å². The Balaban J connectivity index is 6.57. The summed E-state index contributed by atoms with van der Waals surface area (Å²) in [4.78, 5) is 103. The molecule has 0 saturated heterocycles. The molecule has 24 N–H and O–H groups in total. The van der Waals surface area contributed by atoms with Gasteiger partial charge in [0, 0.05) is 52.4 Å². The minimum absolute atomic E-state index is 0.00110. The molecule has 0 radical (unpaired) electrons. The molecule has 0 heterocycles. The Morgan fingerprint density at radius 2 is 0.776 bits per heavy atom. The highest BCUT2D eigenvalue weighted by Crippen LogP contribution is 2.08. The molecule has 0 spiro atoms. The van der Waals surface area contributed by atoms with E-state index in [0.717, 1.165) is 38.5 Å². The van der Waals surface area contributed by atoms with E-state index in [1.54, 1.807) is 0 Å². The maximum Gasteiger partial charge on any atom is 0.242 e. The monoisotopic (exact) mass is 954 g/mol. The highest BCUT2D eigenvalue weighted by molar-refractivity contribution is 5.92. The average Bonchev–Trinajstić information content (AvgIpc) is 3.26. The predicted molar refractivity (Wildman–Crippen MR) is 261 cm³/mol. The van der Waals surface area contributed by atoms with Crippen molar-refractivity contribution in [3.63, 3.8) is 0 Å². The van der Waals surface area contributed by atoms with E-state index in [-0.39, 0.29) is 114 Å². The Hall–Kier alpha value is -6.22. The predicted octanol–water partition coefficient (Wildman–Crippen LogP) is -6.06. The summed E-state index contributed by atoms with van der Waals surface area (Å²) in [6.07, 6.45) is 7.73. The molecule has 67 heavy (non-hydrogen) atoms. The minimum atomic E-state index is -1.08. The Morgan fingerprint density at radius 1 is 0.418 bits per heavy atom. The van der Waals surface area contributed by atoms with Gasteiger partial charge in [0.2, 0.25) is 35.4 Å². The summed E-state index contributed by atoms with van der Waals surface area (Å²) in [5.41, 5.74) is 60.6. The van der Waals surface area contributed by atoms with Crippen molar-refractivity contribution in [2.45, 2.75) is 89.5 Å². The summed E-state index contributed by atoms with van der Waals surface area (Å²) < 4.78 is 0. The number of hydrogen-bond acceptors (Lipinski definition) is 13. The highest BCUT2D eigenvalue weighted by Gasteiger charge is 2.28. The number of rotatable bonds is 40. The number of guanidine groups is 4. The summed E-state index contributed by atoms with van der Waals surface area (Å²) in [6.45, 7) is 0.847. The van der Waals surface area contributed by atoms with Crippen LogP contribution in [0.1, 0.15) is 83.5 Å². The minimum Gasteiger partial charge on any atom is -0.370 e. The summed E-state index contributed by atoms with van der Waals surface area (Å²) in [6, 6.07) is -1.08. The molecule has 0 fully saturated rings. The van der Waals surface area contributed by atoms with Crippen LogP contribution in [0.15, 0.2) is 20.0 Å². The first-order valence-electron chi connectivity index (χ1n) is 22.9. The first-order chi connectivity index (χ1) is 31.9. The molecular formula is C40H83N21O6. The number of hydrogen-bond donors (Lipinski definition) is 13. The fourth-order valence-electron chi connectivity index (χ4n) is 6.42. The first-order valence-corrected chi connectivity index (χ1v) is 22.9. The largest absolute Gasteiger partial charge is 0.370 e. The van der Waals surface area contributed by atoms with E-state index in [1.807, 2.05) is 0 Å². The molecule has 0 aliphatic rings. The van der Waals surface area contributed by atoms with Gasteiger partial charge in [-0.1, -0.05) is 25.7 Å². The molecule has 0 aromatic heterocycles. The van der Waals surface area contributed by atoms with Gasteiger partial charge in [-0.25, -0.2) is 0 Å². The topological polar surface area (TPSA) is 475 Å². The number of nitrogens with two attached hydrogens (primary N) is 11. The third kappa shape index (κ3) is 33.0. The van der Waals surface area contributed by atoms with Crippen LogP contribution in [0.4, 0.5) is 0 Å². The van der Waals surface area contributed by atoms with Crippen LogP contribution in [-0.4, -0.2) is 190 Å².